The van der Waals surface area contributed by atoms with Crippen molar-refractivity contribution in [3.63, 3.8) is 0 Å². The Hall–Kier alpha value is -1.23. The Morgan fingerprint density at radius 2 is 2.12 bits per heavy atom. The highest BCUT2D eigenvalue weighted by Crippen LogP contribution is 2.45. The predicted molar refractivity (Wildman–Crippen MR) is 98.3 cm³/mol. The van der Waals surface area contributed by atoms with Crippen molar-refractivity contribution in [3.8, 4) is 5.75 Å². The summed E-state index contributed by atoms with van der Waals surface area (Å²) in [5.74, 6) is 0.0708. The Morgan fingerprint density at radius 3 is 2.80 bits per heavy atom. The summed E-state index contributed by atoms with van der Waals surface area (Å²) in [5.41, 5.74) is 6.37. The van der Waals surface area contributed by atoms with Gasteiger partial charge in [-0.15, -0.1) is 37.1 Å². The van der Waals surface area contributed by atoms with Crippen molar-refractivity contribution in [2.24, 2.45) is 10.7 Å². The number of rotatable bonds is 5. The maximum atomic E-state index is 12.5. The molecular formula is C16H21F3IN3O2. The van der Waals surface area contributed by atoms with Crippen LogP contribution >= 0.6 is 24.0 Å². The molecule has 0 bridgehead atoms. The molecule has 0 aromatic heterocycles. The standard InChI is InChI=1S/C16H20F3N3O2.HI/c17-16(18,19)24-14-6-2-1-5-11(14)12-8-13(12)22-15(20)21-9-10-4-3-7-23-10;/h1-2,5-6,10,12-13H,3-4,7-9H2,(H3,20,21,22);1H. The first-order chi connectivity index (χ1) is 11.4. The second kappa shape index (κ2) is 8.43. The van der Waals surface area contributed by atoms with Gasteiger partial charge in [-0.1, -0.05) is 18.2 Å². The van der Waals surface area contributed by atoms with Crippen LogP contribution in [0.15, 0.2) is 29.3 Å². The zero-order chi connectivity index (χ0) is 17.2. The normalized spacial score (nSPS) is 26.0. The number of alkyl halides is 3. The van der Waals surface area contributed by atoms with Crippen molar-refractivity contribution in [1.29, 1.82) is 0 Å². The SMILES string of the molecule is I.NC(=NCC1CCCO1)NC1CC1c1ccccc1OC(F)(F)F. The molecular weight excluding hydrogens is 450 g/mol. The maximum Gasteiger partial charge on any atom is 0.573 e. The summed E-state index contributed by atoms with van der Waals surface area (Å²) in [6.07, 6.45) is -1.88. The molecule has 0 spiro atoms. The van der Waals surface area contributed by atoms with Crippen LogP contribution in [0.25, 0.3) is 0 Å². The van der Waals surface area contributed by atoms with Gasteiger partial charge in [0.15, 0.2) is 5.96 Å². The molecule has 1 heterocycles. The number of nitrogens with one attached hydrogen (secondary N) is 1. The van der Waals surface area contributed by atoms with E-state index < -0.39 is 6.36 Å². The zero-order valence-corrected chi connectivity index (χ0v) is 15.8. The fourth-order valence-corrected chi connectivity index (χ4v) is 2.93. The summed E-state index contributed by atoms with van der Waals surface area (Å²) in [5, 5.41) is 3.05. The highest BCUT2D eigenvalue weighted by molar-refractivity contribution is 14.0. The minimum Gasteiger partial charge on any atom is -0.405 e. The van der Waals surface area contributed by atoms with Gasteiger partial charge in [-0.2, -0.15) is 0 Å². The number of para-hydroxylation sites is 1. The van der Waals surface area contributed by atoms with Crippen LogP contribution in [0.1, 0.15) is 30.7 Å². The number of nitrogens with zero attached hydrogens (tertiary/aromatic N) is 1. The third-order valence-electron chi connectivity index (χ3n) is 4.16. The third kappa shape index (κ3) is 5.91. The van der Waals surface area contributed by atoms with Crippen LogP contribution in [0.2, 0.25) is 0 Å². The second-order valence-corrected chi connectivity index (χ2v) is 6.04. The molecule has 0 radical (unpaired) electrons. The van der Waals surface area contributed by atoms with Crippen LogP contribution in [0, 0.1) is 0 Å². The monoisotopic (exact) mass is 471 g/mol. The molecule has 5 nitrogen and oxygen atoms in total. The molecule has 1 saturated heterocycles. The first kappa shape index (κ1) is 20.1. The predicted octanol–water partition coefficient (Wildman–Crippen LogP) is 3.14. The Balaban J connectivity index is 0.00000225. The van der Waals surface area contributed by atoms with Crippen LogP contribution < -0.4 is 15.8 Å². The van der Waals surface area contributed by atoms with Gasteiger partial charge in [0.1, 0.15) is 5.75 Å². The minimum absolute atomic E-state index is 0. The molecule has 3 atom stereocenters. The number of halogens is 4. The lowest BCUT2D eigenvalue weighted by Gasteiger charge is -2.13. The van der Waals surface area contributed by atoms with Gasteiger partial charge in [0.2, 0.25) is 0 Å². The maximum absolute atomic E-state index is 12.5. The highest BCUT2D eigenvalue weighted by Gasteiger charge is 2.42. The quantitative estimate of drug-likeness (QED) is 0.394. The summed E-state index contributed by atoms with van der Waals surface area (Å²) in [6, 6.07) is 6.16. The molecule has 25 heavy (non-hydrogen) atoms. The molecule has 1 aromatic rings. The average Bonchev–Trinajstić information content (AvgIpc) is 3.06. The van der Waals surface area contributed by atoms with Crippen molar-refractivity contribution >= 4 is 29.9 Å². The van der Waals surface area contributed by atoms with Crippen LogP contribution in [-0.4, -0.2) is 37.6 Å². The minimum atomic E-state index is -4.70. The van der Waals surface area contributed by atoms with Crippen LogP contribution in [0.3, 0.4) is 0 Å². The van der Waals surface area contributed by atoms with Gasteiger partial charge in [0, 0.05) is 18.6 Å². The summed E-state index contributed by atoms with van der Waals surface area (Å²) < 4.78 is 47.0. The summed E-state index contributed by atoms with van der Waals surface area (Å²) in [6.45, 7) is 1.26. The van der Waals surface area contributed by atoms with E-state index in [-0.39, 0.29) is 47.8 Å². The smallest absolute Gasteiger partial charge is 0.405 e. The van der Waals surface area contributed by atoms with Crippen molar-refractivity contribution in [1.82, 2.24) is 5.32 Å². The average molecular weight is 471 g/mol. The van der Waals surface area contributed by atoms with E-state index in [2.05, 4.69) is 15.0 Å². The first-order valence-corrected chi connectivity index (χ1v) is 7.95. The van der Waals surface area contributed by atoms with E-state index in [1.54, 1.807) is 12.1 Å². The van der Waals surface area contributed by atoms with E-state index in [0.717, 1.165) is 19.4 Å². The van der Waals surface area contributed by atoms with E-state index in [9.17, 15) is 13.2 Å². The molecule has 3 rings (SSSR count). The van der Waals surface area contributed by atoms with Gasteiger partial charge in [0.05, 0.1) is 12.6 Å². The molecule has 9 heteroatoms. The number of benzene rings is 1. The molecule has 1 saturated carbocycles. The molecule has 3 unspecified atom stereocenters. The molecule has 1 aliphatic carbocycles. The lowest BCUT2D eigenvalue weighted by molar-refractivity contribution is -0.274. The molecule has 2 fully saturated rings. The Kier molecular flexibility index (Phi) is 6.78. The summed E-state index contributed by atoms with van der Waals surface area (Å²) in [4.78, 5) is 4.24. The van der Waals surface area contributed by atoms with Crippen LogP contribution in [0.4, 0.5) is 13.2 Å². The lowest BCUT2D eigenvalue weighted by atomic mass is 10.1. The van der Waals surface area contributed by atoms with Gasteiger partial charge in [-0.25, -0.2) is 0 Å². The number of ether oxygens (including phenoxy) is 2. The first-order valence-electron chi connectivity index (χ1n) is 7.95. The lowest BCUT2D eigenvalue weighted by Crippen LogP contribution is -2.35. The Morgan fingerprint density at radius 1 is 1.36 bits per heavy atom. The Labute approximate surface area is 161 Å². The topological polar surface area (TPSA) is 68.9 Å². The van der Waals surface area contributed by atoms with E-state index in [0.29, 0.717) is 24.5 Å². The molecule has 3 N–H and O–H groups in total. The largest absolute Gasteiger partial charge is 0.573 e. The van der Waals surface area contributed by atoms with Gasteiger partial charge >= 0.3 is 6.36 Å². The van der Waals surface area contributed by atoms with Gasteiger partial charge < -0.3 is 20.5 Å². The van der Waals surface area contributed by atoms with Crippen molar-refractivity contribution in [3.05, 3.63) is 29.8 Å². The van der Waals surface area contributed by atoms with Crippen LogP contribution in [0.5, 0.6) is 5.75 Å². The molecule has 1 aromatic carbocycles. The van der Waals surface area contributed by atoms with Crippen molar-refractivity contribution < 1.29 is 22.6 Å². The van der Waals surface area contributed by atoms with Crippen molar-refractivity contribution in [2.75, 3.05) is 13.2 Å². The number of nitrogens with two attached hydrogens (primary N) is 1. The molecule has 140 valence electrons. The van der Waals surface area contributed by atoms with E-state index >= 15 is 0 Å². The van der Waals surface area contributed by atoms with Gasteiger partial charge in [0.25, 0.3) is 0 Å². The highest BCUT2D eigenvalue weighted by atomic mass is 127. The summed E-state index contributed by atoms with van der Waals surface area (Å²) in [7, 11) is 0. The number of hydrogen-bond donors (Lipinski definition) is 2. The van der Waals surface area contributed by atoms with Gasteiger partial charge in [-0.05, 0) is 30.9 Å². The van der Waals surface area contributed by atoms with Crippen molar-refractivity contribution in [2.45, 2.75) is 43.7 Å². The molecule has 2 aliphatic rings. The van der Waals surface area contributed by atoms with E-state index in [4.69, 9.17) is 10.5 Å². The number of hydrogen-bond acceptors (Lipinski definition) is 3. The fourth-order valence-electron chi connectivity index (χ4n) is 2.93. The van der Waals surface area contributed by atoms with Crippen LogP contribution in [-0.2, 0) is 4.74 Å². The van der Waals surface area contributed by atoms with E-state index in [1.807, 2.05) is 0 Å². The number of aliphatic imine (C=N–C) groups is 1. The Bertz CT molecular complexity index is 607. The number of guanidine groups is 1. The summed E-state index contributed by atoms with van der Waals surface area (Å²) >= 11 is 0. The zero-order valence-electron chi connectivity index (χ0n) is 13.5. The molecule has 1 aliphatic heterocycles. The fraction of sp³-hybridized carbons (Fsp3) is 0.562. The second-order valence-electron chi connectivity index (χ2n) is 6.04. The molecule has 0 amide bonds. The van der Waals surface area contributed by atoms with Gasteiger partial charge in [-0.3, -0.25) is 4.99 Å². The third-order valence-corrected chi connectivity index (χ3v) is 4.16. The van der Waals surface area contributed by atoms with E-state index in [1.165, 1.54) is 12.1 Å².